The number of pyridine rings is 1. The predicted octanol–water partition coefficient (Wildman–Crippen LogP) is 4.85. The standard InChI is InChI=1S/C17H15ClN4O2S/c1-10-14(9-19)17(25-15(23)8-18)20-11(2)16(10)22-21-12-4-6-13(24-3)7-5-12/h4-7H,8H2,1-3H3. The van der Waals surface area contributed by atoms with Crippen molar-refractivity contribution in [2.45, 2.75) is 18.9 Å². The zero-order valence-corrected chi connectivity index (χ0v) is 15.5. The molecule has 0 unspecified atom stereocenters. The van der Waals surface area contributed by atoms with Crippen molar-refractivity contribution in [3.8, 4) is 11.8 Å². The van der Waals surface area contributed by atoms with Gasteiger partial charge < -0.3 is 4.74 Å². The van der Waals surface area contributed by atoms with Crippen molar-refractivity contribution < 1.29 is 9.53 Å². The number of hydrogen-bond donors (Lipinski definition) is 0. The van der Waals surface area contributed by atoms with Crippen LogP contribution in [0, 0.1) is 25.2 Å². The van der Waals surface area contributed by atoms with Crippen molar-refractivity contribution in [3.63, 3.8) is 0 Å². The van der Waals surface area contributed by atoms with Gasteiger partial charge in [0, 0.05) is 0 Å². The first kappa shape index (κ1) is 18.9. The molecule has 0 spiro atoms. The third-order valence-electron chi connectivity index (χ3n) is 3.33. The molecule has 0 atom stereocenters. The van der Waals surface area contributed by atoms with E-state index in [2.05, 4.69) is 21.3 Å². The van der Waals surface area contributed by atoms with Gasteiger partial charge in [0.05, 0.1) is 29.9 Å². The number of azo groups is 1. The summed E-state index contributed by atoms with van der Waals surface area (Å²) in [5, 5.41) is 17.9. The van der Waals surface area contributed by atoms with E-state index in [-0.39, 0.29) is 11.0 Å². The Bertz CT molecular complexity index is 860. The highest BCUT2D eigenvalue weighted by Gasteiger charge is 2.17. The Balaban J connectivity index is 2.39. The van der Waals surface area contributed by atoms with Gasteiger partial charge in [0.2, 0.25) is 5.12 Å². The molecule has 6 nitrogen and oxygen atoms in total. The maximum atomic E-state index is 11.5. The Morgan fingerprint density at radius 3 is 2.56 bits per heavy atom. The molecule has 1 heterocycles. The molecule has 0 aliphatic rings. The van der Waals surface area contributed by atoms with Gasteiger partial charge in [0.1, 0.15) is 22.5 Å². The van der Waals surface area contributed by atoms with Gasteiger partial charge in [-0.15, -0.1) is 16.7 Å². The van der Waals surface area contributed by atoms with Crippen LogP contribution in [-0.2, 0) is 4.79 Å². The molecule has 0 N–H and O–H groups in total. The number of aromatic nitrogens is 1. The van der Waals surface area contributed by atoms with Gasteiger partial charge in [-0.3, -0.25) is 4.79 Å². The summed E-state index contributed by atoms with van der Waals surface area (Å²) >= 11 is 6.38. The van der Waals surface area contributed by atoms with Gasteiger partial charge in [0.15, 0.2) is 0 Å². The molecule has 1 aromatic carbocycles. The van der Waals surface area contributed by atoms with Crippen molar-refractivity contribution >= 4 is 39.9 Å². The number of ether oxygens (including phenoxy) is 1. The lowest BCUT2D eigenvalue weighted by atomic mass is 10.1. The number of rotatable bonds is 5. The van der Waals surface area contributed by atoms with Gasteiger partial charge in [-0.1, -0.05) is 0 Å². The van der Waals surface area contributed by atoms with Crippen LogP contribution in [-0.4, -0.2) is 23.1 Å². The molecule has 2 aromatic rings. The molecule has 0 radical (unpaired) electrons. The first-order valence-corrected chi connectivity index (χ1v) is 8.59. The minimum absolute atomic E-state index is 0.145. The van der Waals surface area contributed by atoms with Gasteiger partial charge >= 0.3 is 0 Å². The fraction of sp³-hybridized carbons (Fsp3) is 0.235. The minimum Gasteiger partial charge on any atom is -0.497 e. The molecule has 2 rings (SSSR count). The van der Waals surface area contributed by atoms with Crippen LogP contribution in [0.15, 0.2) is 39.5 Å². The number of carbonyl (C=O) groups is 1. The fourth-order valence-corrected chi connectivity index (χ4v) is 2.97. The van der Waals surface area contributed by atoms with E-state index in [4.69, 9.17) is 16.3 Å². The van der Waals surface area contributed by atoms with E-state index < -0.39 is 0 Å². The van der Waals surface area contributed by atoms with Crippen LogP contribution < -0.4 is 4.74 Å². The SMILES string of the molecule is COc1ccc(N=Nc2c(C)nc(SC(=O)CCl)c(C#N)c2C)cc1. The molecule has 0 saturated carbocycles. The maximum Gasteiger partial charge on any atom is 0.209 e. The summed E-state index contributed by atoms with van der Waals surface area (Å²) in [4.78, 5) is 15.9. The van der Waals surface area contributed by atoms with E-state index in [9.17, 15) is 10.1 Å². The molecule has 0 bridgehead atoms. The number of halogens is 1. The van der Waals surface area contributed by atoms with Crippen molar-refractivity contribution in [2.75, 3.05) is 13.0 Å². The summed E-state index contributed by atoms with van der Waals surface area (Å²) in [6.07, 6.45) is 0. The van der Waals surface area contributed by atoms with Crippen molar-refractivity contribution in [1.82, 2.24) is 4.98 Å². The third kappa shape index (κ3) is 4.56. The van der Waals surface area contributed by atoms with Crippen LogP contribution in [0.4, 0.5) is 11.4 Å². The number of nitriles is 1. The van der Waals surface area contributed by atoms with Gasteiger partial charge in [-0.2, -0.15) is 10.4 Å². The lowest BCUT2D eigenvalue weighted by Gasteiger charge is -2.09. The number of methoxy groups -OCH3 is 1. The average molecular weight is 375 g/mol. The Morgan fingerprint density at radius 2 is 2.00 bits per heavy atom. The fourth-order valence-electron chi connectivity index (χ4n) is 2.06. The molecule has 0 saturated heterocycles. The highest BCUT2D eigenvalue weighted by atomic mass is 35.5. The number of carbonyl (C=O) groups excluding carboxylic acids is 1. The molecule has 0 fully saturated rings. The molecule has 25 heavy (non-hydrogen) atoms. The Kier molecular flexibility index (Phi) is 6.51. The molecule has 1 aromatic heterocycles. The Hall–Kier alpha value is -2.43. The Labute approximate surface area is 154 Å². The van der Waals surface area contributed by atoms with Crippen LogP contribution >= 0.6 is 23.4 Å². The zero-order valence-electron chi connectivity index (χ0n) is 13.9. The summed E-state index contributed by atoms with van der Waals surface area (Å²) in [6.45, 7) is 3.51. The van der Waals surface area contributed by atoms with E-state index >= 15 is 0 Å². The summed E-state index contributed by atoms with van der Waals surface area (Å²) in [5.41, 5.74) is 2.66. The van der Waals surface area contributed by atoms with E-state index in [1.165, 1.54) is 0 Å². The molecule has 128 valence electrons. The molecule has 0 aliphatic carbocycles. The lowest BCUT2D eigenvalue weighted by molar-refractivity contribution is -0.108. The van der Waals surface area contributed by atoms with Gasteiger partial charge in [0.25, 0.3) is 0 Å². The van der Waals surface area contributed by atoms with E-state index in [1.54, 1.807) is 45.2 Å². The minimum atomic E-state index is -0.267. The number of nitrogens with zero attached hydrogens (tertiary/aromatic N) is 4. The highest BCUT2D eigenvalue weighted by Crippen LogP contribution is 2.33. The van der Waals surface area contributed by atoms with Crippen LogP contribution in [0.3, 0.4) is 0 Å². The highest BCUT2D eigenvalue weighted by molar-refractivity contribution is 8.13. The number of aryl methyl sites for hydroxylation is 1. The first-order chi connectivity index (χ1) is 12.0. The summed E-state index contributed by atoms with van der Waals surface area (Å²) < 4.78 is 5.10. The molecule has 0 amide bonds. The summed E-state index contributed by atoms with van der Waals surface area (Å²) in [6, 6.07) is 9.19. The monoisotopic (exact) mass is 374 g/mol. The quantitative estimate of drug-likeness (QED) is 0.424. The molecular weight excluding hydrogens is 360 g/mol. The van der Waals surface area contributed by atoms with Crippen LogP contribution in [0.1, 0.15) is 16.8 Å². The van der Waals surface area contributed by atoms with Crippen LogP contribution in [0.5, 0.6) is 5.75 Å². The average Bonchev–Trinajstić information content (AvgIpc) is 2.62. The zero-order chi connectivity index (χ0) is 18.4. The van der Waals surface area contributed by atoms with E-state index in [1.807, 2.05) is 0 Å². The van der Waals surface area contributed by atoms with Crippen molar-refractivity contribution in [1.29, 1.82) is 5.26 Å². The smallest absolute Gasteiger partial charge is 0.209 e. The van der Waals surface area contributed by atoms with Gasteiger partial charge in [-0.25, -0.2) is 4.98 Å². The van der Waals surface area contributed by atoms with Crippen LogP contribution in [0.2, 0.25) is 0 Å². The second kappa shape index (κ2) is 8.60. The number of hydrogen-bond acceptors (Lipinski definition) is 7. The number of alkyl halides is 1. The second-order valence-electron chi connectivity index (χ2n) is 4.97. The largest absolute Gasteiger partial charge is 0.497 e. The molecule has 8 heteroatoms. The lowest BCUT2D eigenvalue weighted by Crippen LogP contribution is -2.00. The summed E-state index contributed by atoms with van der Waals surface area (Å²) in [5.74, 6) is 0.582. The summed E-state index contributed by atoms with van der Waals surface area (Å²) in [7, 11) is 1.59. The first-order valence-electron chi connectivity index (χ1n) is 7.23. The molecule has 0 aliphatic heterocycles. The van der Waals surface area contributed by atoms with Crippen molar-refractivity contribution in [3.05, 3.63) is 41.1 Å². The van der Waals surface area contributed by atoms with E-state index in [0.717, 1.165) is 17.5 Å². The van der Waals surface area contributed by atoms with Crippen LogP contribution in [0.25, 0.3) is 0 Å². The number of benzene rings is 1. The number of thioether (sulfide) groups is 1. The molecular formula is C17H15ClN4O2S. The topological polar surface area (TPSA) is 87.7 Å². The second-order valence-corrected chi connectivity index (χ2v) is 6.28. The van der Waals surface area contributed by atoms with Gasteiger partial charge in [-0.05, 0) is 55.4 Å². The third-order valence-corrected chi connectivity index (χ3v) is 4.59. The van der Waals surface area contributed by atoms with E-state index in [0.29, 0.717) is 33.2 Å². The predicted molar refractivity (Wildman–Crippen MR) is 97.2 cm³/mol. The maximum absolute atomic E-state index is 11.5. The normalized spacial score (nSPS) is 10.7. The van der Waals surface area contributed by atoms with Crippen molar-refractivity contribution in [2.24, 2.45) is 10.2 Å². The Morgan fingerprint density at radius 1 is 1.32 bits per heavy atom.